The van der Waals surface area contributed by atoms with Crippen LogP contribution in [0.2, 0.25) is 5.02 Å². The number of halogens is 4. The van der Waals surface area contributed by atoms with Crippen molar-refractivity contribution in [1.29, 1.82) is 0 Å². The molecule has 0 spiro atoms. The van der Waals surface area contributed by atoms with E-state index in [2.05, 4.69) is 5.32 Å². The summed E-state index contributed by atoms with van der Waals surface area (Å²) in [7, 11) is 0. The lowest BCUT2D eigenvalue weighted by Crippen LogP contribution is -2.46. The van der Waals surface area contributed by atoms with E-state index in [9.17, 15) is 18.0 Å². The van der Waals surface area contributed by atoms with Crippen molar-refractivity contribution in [2.45, 2.75) is 12.6 Å². The molecule has 1 aliphatic heterocycles. The average Bonchev–Trinajstić information content (AvgIpc) is 2.78. The van der Waals surface area contributed by atoms with E-state index in [1.807, 2.05) is 0 Å². The number of rotatable bonds is 2. The summed E-state index contributed by atoms with van der Waals surface area (Å²) >= 11 is 5.80. The van der Waals surface area contributed by atoms with Gasteiger partial charge < -0.3 is 5.32 Å². The number of carbonyl (C=O) groups is 1. The molecule has 1 unspecified atom stereocenters. The van der Waals surface area contributed by atoms with Crippen LogP contribution in [0.3, 0.4) is 0 Å². The molecule has 0 bridgehead atoms. The normalized spacial score (nSPS) is 24.2. The molecule has 1 aromatic rings. The van der Waals surface area contributed by atoms with E-state index in [-0.39, 0.29) is 30.1 Å². The minimum atomic E-state index is -4.58. The van der Waals surface area contributed by atoms with Crippen LogP contribution < -0.4 is 5.32 Å². The van der Waals surface area contributed by atoms with Crippen LogP contribution in [-0.2, 0) is 0 Å². The van der Waals surface area contributed by atoms with Crippen molar-refractivity contribution in [3.63, 3.8) is 0 Å². The van der Waals surface area contributed by atoms with E-state index in [4.69, 9.17) is 11.6 Å². The highest BCUT2D eigenvalue weighted by atomic mass is 35.5. The van der Waals surface area contributed by atoms with Gasteiger partial charge in [-0.05, 0) is 25.1 Å². The van der Waals surface area contributed by atoms with Crippen LogP contribution in [0.1, 0.15) is 16.8 Å². The molecule has 1 aliphatic rings. The molecule has 1 saturated heterocycles. The maximum atomic E-state index is 13.2. The van der Waals surface area contributed by atoms with E-state index in [1.165, 1.54) is 18.2 Å². The van der Waals surface area contributed by atoms with Crippen LogP contribution in [0.4, 0.5) is 13.2 Å². The highest BCUT2D eigenvalue weighted by Gasteiger charge is 2.61. The third kappa shape index (κ3) is 2.01. The van der Waals surface area contributed by atoms with E-state index >= 15 is 0 Å². The lowest BCUT2D eigenvalue weighted by Gasteiger charge is -2.29. The number of ketones is 1. The van der Waals surface area contributed by atoms with Crippen LogP contribution >= 0.6 is 11.6 Å². The zero-order chi connectivity index (χ0) is 13.4. The van der Waals surface area contributed by atoms with Crippen LogP contribution in [-0.4, -0.2) is 25.0 Å². The van der Waals surface area contributed by atoms with Crippen LogP contribution in [0, 0.1) is 5.41 Å². The van der Waals surface area contributed by atoms with Gasteiger partial charge in [-0.1, -0.05) is 23.7 Å². The van der Waals surface area contributed by atoms with Gasteiger partial charge in [0.15, 0.2) is 5.78 Å². The first-order chi connectivity index (χ1) is 8.38. The smallest absolute Gasteiger partial charge is 0.315 e. The van der Waals surface area contributed by atoms with Crippen LogP contribution in [0.5, 0.6) is 0 Å². The number of alkyl halides is 3. The number of hydrogen-bond acceptors (Lipinski definition) is 2. The summed E-state index contributed by atoms with van der Waals surface area (Å²) in [6.45, 7) is -0.212. The Kier molecular flexibility index (Phi) is 3.38. The third-order valence-corrected chi connectivity index (χ3v) is 3.58. The molecule has 0 aliphatic carbocycles. The van der Waals surface area contributed by atoms with Crippen LogP contribution in [0.15, 0.2) is 24.3 Å². The molecule has 1 fully saturated rings. The first-order valence-corrected chi connectivity index (χ1v) is 5.83. The Bertz CT molecular complexity index is 467. The highest BCUT2D eigenvalue weighted by Crippen LogP contribution is 2.46. The Balaban J connectivity index is 2.46. The van der Waals surface area contributed by atoms with Gasteiger partial charge >= 0.3 is 6.18 Å². The van der Waals surface area contributed by atoms with Gasteiger partial charge in [0.25, 0.3) is 0 Å². The van der Waals surface area contributed by atoms with Gasteiger partial charge in [0.2, 0.25) is 0 Å². The SMILES string of the molecule is O=C(c1ccccc1Cl)C1(C(F)(F)F)CCNC1. The molecule has 1 heterocycles. The van der Waals surface area contributed by atoms with E-state index in [1.54, 1.807) is 6.07 Å². The second-order valence-electron chi connectivity index (χ2n) is 4.32. The van der Waals surface area contributed by atoms with Crippen molar-refractivity contribution < 1.29 is 18.0 Å². The maximum Gasteiger partial charge on any atom is 0.402 e. The molecule has 0 radical (unpaired) electrons. The van der Waals surface area contributed by atoms with Crippen molar-refractivity contribution >= 4 is 17.4 Å². The number of nitrogens with one attached hydrogen (secondary N) is 1. The molecule has 2 rings (SSSR count). The third-order valence-electron chi connectivity index (χ3n) is 3.25. The summed E-state index contributed by atoms with van der Waals surface area (Å²) in [6, 6.07) is 5.83. The Hall–Kier alpha value is -1.07. The Morgan fingerprint density at radius 2 is 2.00 bits per heavy atom. The lowest BCUT2D eigenvalue weighted by molar-refractivity contribution is -0.197. The predicted octanol–water partition coefficient (Wildman–Crippen LogP) is 3.06. The number of carbonyl (C=O) groups excluding carboxylic acids is 1. The Morgan fingerprint density at radius 1 is 1.33 bits per heavy atom. The number of benzene rings is 1. The van der Waals surface area contributed by atoms with Crippen molar-refractivity contribution in [2.24, 2.45) is 5.41 Å². The molecule has 18 heavy (non-hydrogen) atoms. The van der Waals surface area contributed by atoms with Gasteiger partial charge in [-0.2, -0.15) is 13.2 Å². The lowest BCUT2D eigenvalue weighted by atomic mass is 9.78. The average molecular weight is 278 g/mol. The molecule has 0 aromatic heterocycles. The molecular formula is C12H11ClF3NO. The molecule has 2 nitrogen and oxygen atoms in total. The molecule has 1 N–H and O–H groups in total. The van der Waals surface area contributed by atoms with Crippen molar-refractivity contribution in [3.8, 4) is 0 Å². The number of Topliss-reactive ketones (excluding diaryl/α,β-unsaturated/α-hetero) is 1. The first-order valence-electron chi connectivity index (χ1n) is 5.45. The summed E-state index contributed by atoms with van der Waals surface area (Å²) in [5, 5.41) is 2.66. The summed E-state index contributed by atoms with van der Waals surface area (Å²) in [6.07, 6.45) is -4.83. The standard InChI is InChI=1S/C12H11ClF3NO/c13-9-4-2-1-3-8(9)10(18)11(12(14,15)16)5-6-17-7-11/h1-4,17H,5-7H2. The quantitative estimate of drug-likeness (QED) is 0.842. The monoisotopic (exact) mass is 277 g/mol. The summed E-state index contributed by atoms with van der Waals surface area (Å²) in [4.78, 5) is 12.2. The Morgan fingerprint density at radius 3 is 2.50 bits per heavy atom. The zero-order valence-electron chi connectivity index (χ0n) is 9.35. The second-order valence-corrected chi connectivity index (χ2v) is 4.72. The highest BCUT2D eigenvalue weighted by molar-refractivity contribution is 6.34. The maximum absolute atomic E-state index is 13.2. The minimum absolute atomic E-state index is 0.0537. The second kappa shape index (κ2) is 4.55. The molecular weight excluding hydrogens is 267 g/mol. The summed E-state index contributed by atoms with van der Waals surface area (Å²) in [5.74, 6) is -0.953. The fourth-order valence-electron chi connectivity index (χ4n) is 2.16. The van der Waals surface area contributed by atoms with Gasteiger partial charge in [0, 0.05) is 12.1 Å². The molecule has 6 heteroatoms. The van der Waals surface area contributed by atoms with Crippen LogP contribution in [0.25, 0.3) is 0 Å². The van der Waals surface area contributed by atoms with Gasteiger partial charge in [-0.25, -0.2) is 0 Å². The fraction of sp³-hybridized carbons (Fsp3) is 0.417. The number of hydrogen-bond donors (Lipinski definition) is 1. The van der Waals surface area contributed by atoms with Gasteiger partial charge in [0.1, 0.15) is 5.41 Å². The van der Waals surface area contributed by atoms with Crippen molar-refractivity contribution in [1.82, 2.24) is 5.32 Å². The van der Waals surface area contributed by atoms with Crippen molar-refractivity contribution in [2.75, 3.05) is 13.1 Å². The van der Waals surface area contributed by atoms with Gasteiger partial charge in [0.05, 0.1) is 5.02 Å². The largest absolute Gasteiger partial charge is 0.402 e. The molecule has 0 amide bonds. The fourth-order valence-corrected chi connectivity index (χ4v) is 2.38. The molecule has 98 valence electrons. The summed E-state index contributed by atoms with van der Waals surface area (Å²) < 4.78 is 39.5. The zero-order valence-corrected chi connectivity index (χ0v) is 10.1. The predicted molar refractivity (Wildman–Crippen MR) is 61.8 cm³/mol. The van der Waals surface area contributed by atoms with E-state index < -0.39 is 17.4 Å². The minimum Gasteiger partial charge on any atom is -0.315 e. The molecule has 0 saturated carbocycles. The molecule has 1 aromatic carbocycles. The topological polar surface area (TPSA) is 29.1 Å². The van der Waals surface area contributed by atoms with E-state index in [0.29, 0.717) is 0 Å². The van der Waals surface area contributed by atoms with Crippen molar-refractivity contribution in [3.05, 3.63) is 34.9 Å². The first kappa shape index (κ1) is 13.4. The summed E-state index contributed by atoms with van der Waals surface area (Å²) in [5.41, 5.74) is -2.42. The van der Waals surface area contributed by atoms with E-state index in [0.717, 1.165) is 0 Å². The molecule has 1 atom stereocenters. The Labute approximate surface area is 107 Å². The van der Waals surface area contributed by atoms with Gasteiger partial charge in [-0.3, -0.25) is 4.79 Å². The van der Waals surface area contributed by atoms with Gasteiger partial charge in [-0.15, -0.1) is 0 Å².